The maximum absolute atomic E-state index is 13.0. The van der Waals surface area contributed by atoms with E-state index < -0.39 is 16.0 Å². The summed E-state index contributed by atoms with van der Waals surface area (Å²) in [7, 11) is -3.84. The maximum Gasteiger partial charge on any atom is 0.343 e. The number of rotatable bonds is 6. The van der Waals surface area contributed by atoms with Crippen LogP contribution in [0.2, 0.25) is 0 Å². The van der Waals surface area contributed by atoms with Crippen LogP contribution in [0.3, 0.4) is 0 Å². The molecule has 6 rings (SSSR count). The van der Waals surface area contributed by atoms with Crippen molar-refractivity contribution < 1.29 is 27.5 Å². The Balaban J connectivity index is 1.20. The predicted octanol–water partition coefficient (Wildman–Crippen LogP) is 6.42. The number of fused-ring (bicyclic) bond motifs is 5. The summed E-state index contributed by atoms with van der Waals surface area (Å²) >= 11 is 0. The van der Waals surface area contributed by atoms with E-state index in [1.165, 1.54) is 35.4 Å². The van der Waals surface area contributed by atoms with Crippen LogP contribution < -0.4 is 9.88 Å². The van der Waals surface area contributed by atoms with E-state index in [9.17, 15) is 18.0 Å². The highest BCUT2D eigenvalue weighted by Crippen LogP contribution is 2.68. The van der Waals surface area contributed by atoms with Gasteiger partial charge in [-0.1, -0.05) is 38.1 Å². The SMILES string of the molecule is CC[C@@]12CCc3cc(OC(=O)c4ccc(S(N)(=O)=O)cc4)ccc3[C@H]1CC[C@]1(C)[C@@H](OC(=O)c3ccccc3)CC[C@H]12. The third-order valence-electron chi connectivity index (χ3n) is 10.5. The van der Waals surface area contributed by atoms with Gasteiger partial charge in [-0.05, 0) is 122 Å². The minimum Gasteiger partial charge on any atom is -0.458 e. The van der Waals surface area contributed by atoms with Crippen molar-refractivity contribution >= 4 is 22.0 Å². The number of carbonyl (C=O) groups is 2. The van der Waals surface area contributed by atoms with Crippen molar-refractivity contribution in [3.63, 3.8) is 0 Å². The lowest BCUT2D eigenvalue weighted by Crippen LogP contribution is -2.52. The molecular formula is C34H37NO6S. The zero-order valence-electron chi connectivity index (χ0n) is 24.0. The molecule has 0 aromatic heterocycles. The largest absolute Gasteiger partial charge is 0.458 e. The van der Waals surface area contributed by atoms with Gasteiger partial charge in [-0.15, -0.1) is 0 Å². The molecule has 0 saturated heterocycles. The van der Waals surface area contributed by atoms with Crippen LogP contribution in [0.25, 0.3) is 0 Å². The van der Waals surface area contributed by atoms with Crippen LogP contribution in [0.4, 0.5) is 0 Å². The number of esters is 2. The quantitative estimate of drug-likeness (QED) is 0.263. The highest BCUT2D eigenvalue weighted by molar-refractivity contribution is 7.89. The van der Waals surface area contributed by atoms with Gasteiger partial charge in [0.15, 0.2) is 0 Å². The zero-order valence-corrected chi connectivity index (χ0v) is 24.9. The minimum absolute atomic E-state index is 0.0529. The Morgan fingerprint density at radius 3 is 2.31 bits per heavy atom. The van der Waals surface area contributed by atoms with E-state index in [0.717, 1.165) is 44.9 Å². The molecule has 0 heterocycles. The first-order valence-electron chi connectivity index (χ1n) is 14.8. The summed E-state index contributed by atoms with van der Waals surface area (Å²) in [6.45, 7) is 4.65. The number of benzene rings is 3. The van der Waals surface area contributed by atoms with Gasteiger partial charge in [0.1, 0.15) is 11.9 Å². The number of carbonyl (C=O) groups excluding carboxylic acids is 2. The van der Waals surface area contributed by atoms with E-state index in [2.05, 4.69) is 19.9 Å². The Bertz CT molecular complexity index is 1620. The molecule has 8 heteroatoms. The normalized spacial score (nSPS) is 28.2. The summed E-state index contributed by atoms with van der Waals surface area (Å²) in [5.74, 6) is 0.570. The molecule has 3 aromatic rings. The van der Waals surface area contributed by atoms with E-state index in [1.807, 2.05) is 42.5 Å². The van der Waals surface area contributed by atoms with Crippen LogP contribution in [0.5, 0.6) is 5.75 Å². The first kappa shape index (κ1) is 28.6. The van der Waals surface area contributed by atoms with Gasteiger partial charge >= 0.3 is 11.9 Å². The first-order chi connectivity index (χ1) is 20.0. The monoisotopic (exact) mass is 587 g/mol. The Hall–Kier alpha value is -3.49. The van der Waals surface area contributed by atoms with Gasteiger partial charge < -0.3 is 9.47 Å². The molecule has 7 nitrogen and oxygen atoms in total. The molecule has 3 aliphatic rings. The second-order valence-corrected chi connectivity index (χ2v) is 14.0. The van der Waals surface area contributed by atoms with E-state index in [0.29, 0.717) is 23.1 Å². The second kappa shape index (κ2) is 10.7. The smallest absolute Gasteiger partial charge is 0.343 e. The Labute approximate surface area is 247 Å². The van der Waals surface area contributed by atoms with Crippen molar-refractivity contribution in [3.8, 4) is 5.75 Å². The average Bonchev–Trinajstić information content (AvgIpc) is 3.33. The molecular weight excluding hydrogens is 550 g/mol. The van der Waals surface area contributed by atoms with Crippen molar-refractivity contribution in [3.05, 3.63) is 95.1 Å². The van der Waals surface area contributed by atoms with Gasteiger partial charge in [0.2, 0.25) is 10.0 Å². The summed E-state index contributed by atoms with van der Waals surface area (Å²) in [6, 6.07) is 20.7. The molecule has 0 unspecified atom stereocenters. The van der Waals surface area contributed by atoms with Gasteiger partial charge in [0.05, 0.1) is 16.0 Å². The van der Waals surface area contributed by atoms with Crippen LogP contribution in [0.15, 0.2) is 77.7 Å². The molecule has 0 aliphatic heterocycles. The number of aryl methyl sites for hydroxylation is 1. The standard InChI is InChI=1S/C34H37NO6S/c1-3-34-20-17-24-21-25(40-31(36)23-9-12-26(13-10-23)42(35,38)39)11-14-27(24)28(34)18-19-33(2)29(34)15-16-30(33)41-32(37)22-7-5-4-6-8-22/h4-14,21,28-30H,3,15-20H2,1-2H3,(H2,35,38,39)/t28-,29-,30+,33+,34-/m1/s1. The fourth-order valence-corrected chi connectivity index (χ4v) is 8.95. The Morgan fingerprint density at radius 2 is 1.62 bits per heavy atom. The average molecular weight is 588 g/mol. The molecule has 3 aliphatic carbocycles. The number of hydrogen-bond donors (Lipinski definition) is 1. The van der Waals surface area contributed by atoms with Crippen LogP contribution in [0.1, 0.15) is 90.1 Å². The van der Waals surface area contributed by atoms with Crippen molar-refractivity contribution in [2.24, 2.45) is 21.9 Å². The lowest BCUT2D eigenvalue weighted by Gasteiger charge is -2.58. The van der Waals surface area contributed by atoms with Crippen LogP contribution in [0, 0.1) is 16.7 Å². The molecule has 0 radical (unpaired) electrons. The van der Waals surface area contributed by atoms with Crippen molar-refractivity contribution in [2.45, 2.75) is 75.7 Å². The molecule has 0 amide bonds. The van der Waals surface area contributed by atoms with E-state index in [-0.39, 0.29) is 33.4 Å². The number of primary sulfonamides is 1. The van der Waals surface area contributed by atoms with Gasteiger partial charge in [0.25, 0.3) is 0 Å². The summed E-state index contributed by atoms with van der Waals surface area (Å²) in [5, 5.41) is 5.16. The molecule has 220 valence electrons. The van der Waals surface area contributed by atoms with Crippen molar-refractivity contribution in [2.75, 3.05) is 0 Å². The zero-order chi connectivity index (χ0) is 29.7. The molecule has 5 atom stereocenters. The van der Waals surface area contributed by atoms with Crippen molar-refractivity contribution in [1.82, 2.24) is 0 Å². The molecule has 3 aromatic carbocycles. The summed E-state index contributed by atoms with van der Waals surface area (Å²) in [6.07, 6.45) is 6.92. The van der Waals surface area contributed by atoms with E-state index >= 15 is 0 Å². The van der Waals surface area contributed by atoms with Crippen molar-refractivity contribution in [1.29, 1.82) is 0 Å². The fraction of sp³-hybridized carbons (Fsp3) is 0.412. The summed E-state index contributed by atoms with van der Waals surface area (Å²) in [4.78, 5) is 25.7. The highest BCUT2D eigenvalue weighted by Gasteiger charge is 2.62. The minimum atomic E-state index is -3.84. The predicted molar refractivity (Wildman–Crippen MR) is 159 cm³/mol. The third-order valence-corrected chi connectivity index (χ3v) is 11.4. The molecule has 0 bridgehead atoms. The molecule has 2 N–H and O–H groups in total. The number of hydrogen-bond acceptors (Lipinski definition) is 6. The maximum atomic E-state index is 13.0. The number of sulfonamides is 1. The Morgan fingerprint density at radius 1 is 0.905 bits per heavy atom. The van der Waals surface area contributed by atoms with Crippen LogP contribution in [-0.4, -0.2) is 26.5 Å². The number of nitrogens with two attached hydrogens (primary N) is 1. The van der Waals surface area contributed by atoms with Gasteiger partial charge in [-0.3, -0.25) is 0 Å². The van der Waals surface area contributed by atoms with Gasteiger partial charge in [-0.25, -0.2) is 23.1 Å². The third kappa shape index (κ3) is 4.84. The summed E-state index contributed by atoms with van der Waals surface area (Å²) < 4.78 is 34.9. The first-order valence-corrected chi connectivity index (χ1v) is 16.3. The van der Waals surface area contributed by atoms with Crippen LogP contribution >= 0.6 is 0 Å². The lowest BCUT2D eigenvalue weighted by molar-refractivity contribution is -0.0842. The molecule has 2 fully saturated rings. The lowest BCUT2D eigenvalue weighted by atomic mass is 9.46. The molecule has 0 spiro atoms. The van der Waals surface area contributed by atoms with E-state index in [4.69, 9.17) is 14.6 Å². The fourth-order valence-electron chi connectivity index (χ4n) is 8.43. The number of ether oxygens (including phenoxy) is 2. The second-order valence-electron chi connectivity index (χ2n) is 12.4. The van der Waals surface area contributed by atoms with Gasteiger partial charge in [0, 0.05) is 5.41 Å². The highest BCUT2D eigenvalue weighted by atomic mass is 32.2. The van der Waals surface area contributed by atoms with E-state index in [1.54, 1.807) is 0 Å². The van der Waals surface area contributed by atoms with Crippen LogP contribution in [-0.2, 0) is 21.2 Å². The Kier molecular flexibility index (Phi) is 7.26. The molecule has 2 saturated carbocycles. The molecule has 42 heavy (non-hydrogen) atoms. The summed E-state index contributed by atoms with van der Waals surface area (Å²) in [5.41, 5.74) is 3.49. The topological polar surface area (TPSA) is 113 Å². The van der Waals surface area contributed by atoms with Gasteiger partial charge in [-0.2, -0.15) is 0 Å².